The summed E-state index contributed by atoms with van der Waals surface area (Å²) in [5.74, 6) is -2.55. The third kappa shape index (κ3) is 4.36. The van der Waals surface area contributed by atoms with Crippen molar-refractivity contribution in [1.82, 2.24) is 9.80 Å². The maximum Gasteiger partial charge on any atom is 0.253 e. The van der Waals surface area contributed by atoms with Gasteiger partial charge in [-0.2, -0.15) is 0 Å². The van der Waals surface area contributed by atoms with Crippen LogP contribution in [-0.2, 0) is 19.1 Å². The molecule has 4 aliphatic heterocycles. The van der Waals surface area contributed by atoms with Gasteiger partial charge in [0, 0.05) is 19.6 Å². The SMILES string of the molecule is CCCN1CC=C[C@@]2(CC)O[C@]34C=CCN(c5c(C)cccc5Cl)C(=O)C3N([C@@H](CO)[C@@H](C)CC)C(=O)[C@@H]4[C@H]2C1=O. The number of carbonyl (C=O) groups excluding carboxylic acids is 3. The van der Waals surface area contributed by atoms with Crippen LogP contribution in [0.5, 0.6) is 0 Å². The highest BCUT2D eigenvalue weighted by Gasteiger charge is 2.76. The summed E-state index contributed by atoms with van der Waals surface area (Å²) >= 11 is 6.66. The van der Waals surface area contributed by atoms with Crippen LogP contribution in [0.2, 0.25) is 5.02 Å². The van der Waals surface area contributed by atoms with E-state index in [1.165, 1.54) is 0 Å². The summed E-state index contributed by atoms with van der Waals surface area (Å²) in [6, 6.07) is 3.80. The molecule has 9 heteroatoms. The molecule has 0 aliphatic carbocycles. The lowest BCUT2D eigenvalue weighted by Crippen LogP contribution is -2.60. The first-order chi connectivity index (χ1) is 19.6. The number of fused-ring (bicyclic) bond motifs is 2. The lowest BCUT2D eigenvalue weighted by atomic mass is 9.73. The minimum absolute atomic E-state index is 0.0902. The van der Waals surface area contributed by atoms with Gasteiger partial charge in [-0.3, -0.25) is 14.4 Å². The summed E-state index contributed by atoms with van der Waals surface area (Å²) in [6.45, 7) is 10.8. The number of anilines is 1. The number of benzene rings is 1. The predicted molar refractivity (Wildman–Crippen MR) is 158 cm³/mol. The van der Waals surface area contributed by atoms with E-state index < -0.39 is 35.1 Å². The van der Waals surface area contributed by atoms with Crippen molar-refractivity contribution < 1.29 is 24.2 Å². The first-order valence-corrected chi connectivity index (χ1v) is 15.3. The standard InChI is InChI=1S/C32H42ClN3O5/c1-6-16-34-17-10-14-31(8-3)24(28(34)38)25-29(39)36(23(19-37)20(4)7-2)27-30(40)35(18-11-15-32(25,27)41-31)26-21(5)12-9-13-22(26)33/h9-15,20,23-25,27,37H,6-8,16-19H2,1-5H3/t20-,23-,24-,25-,27?,31+,32-/m0/s1. The predicted octanol–water partition coefficient (Wildman–Crippen LogP) is 4.13. The molecule has 2 saturated heterocycles. The first-order valence-electron chi connectivity index (χ1n) is 15.0. The van der Waals surface area contributed by atoms with Gasteiger partial charge in [0.1, 0.15) is 11.6 Å². The average molecular weight is 584 g/mol. The Balaban J connectivity index is 1.73. The van der Waals surface area contributed by atoms with Gasteiger partial charge in [0.2, 0.25) is 11.8 Å². The van der Waals surface area contributed by atoms with Crippen molar-refractivity contribution in [1.29, 1.82) is 0 Å². The Hall–Kier alpha value is -2.68. The van der Waals surface area contributed by atoms with E-state index in [1.54, 1.807) is 20.8 Å². The fourth-order valence-electron chi connectivity index (χ4n) is 7.56. The fraction of sp³-hybridized carbons (Fsp3) is 0.594. The number of rotatable bonds is 8. The summed E-state index contributed by atoms with van der Waals surface area (Å²) in [5, 5.41) is 11.1. The Labute approximate surface area is 247 Å². The molecule has 1 aromatic carbocycles. The van der Waals surface area contributed by atoms with Gasteiger partial charge in [0.05, 0.1) is 40.8 Å². The van der Waals surface area contributed by atoms with Crippen molar-refractivity contribution in [3.8, 4) is 0 Å². The summed E-state index contributed by atoms with van der Waals surface area (Å²) in [6.07, 6.45) is 9.60. The molecule has 0 saturated carbocycles. The Kier molecular flexibility index (Phi) is 8.14. The van der Waals surface area contributed by atoms with Crippen LogP contribution >= 0.6 is 11.6 Å². The van der Waals surface area contributed by atoms with Crippen molar-refractivity contribution in [2.45, 2.75) is 77.2 Å². The Morgan fingerprint density at radius 2 is 1.78 bits per heavy atom. The number of carbonyl (C=O) groups is 3. The van der Waals surface area contributed by atoms with Crippen molar-refractivity contribution in [2.75, 3.05) is 31.1 Å². The molecule has 4 heterocycles. The molecule has 0 bridgehead atoms. The summed E-state index contributed by atoms with van der Waals surface area (Å²) in [7, 11) is 0. The molecule has 7 atom stereocenters. The molecule has 5 rings (SSSR count). The third-order valence-corrected chi connectivity index (χ3v) is 10.1. The molecule has 1 N–H and O–H groups in total. The van der Waals surface area contributed by atoms with Crippen LogP contribution in [0.15, 0.2) is 42.5 Å². The molecule has 41 heavy (non-hydrogen) atoms. The number of hydrogen-bond acceptors (Lipinski definition) is 5. The van der Waals surface area contributed by atoms with Gasteiger partial charge >= 0.3 is 0 Å². The molecule has 4 aliphatic rings. The smallest absolute Gasteiger partial charge is 0.253 e. The average Bonchev–Trinajstić information content (AvgIpc) is 3.25. The molecule has 0 radical (unpaired) electrons. The highest BCUT2D eigenvalue weighted by molar-refractivity contribution is 6.34. The Morgan fingerprint density at radius 1 is 1.05 bits per heavy atom. The van der Waals surface area contributed by atoms with E-state index in [-0.39, 0.29) is 36.8 Å². The monoisotopic (exact) mass is 583 g/mol. The van der Waals surface area contributed by atoms with Crippen molar-refractivity contribution >= 4 is 35.0 Å². The number of likely N-dealkylation sites (tertiary alicyclic amines) is 1. The van der Waals surface area contributed by atoms with Gasteiger partial charge in [-0.15, -0.1) is 0 Å². The number of amides is 3. The topological polar surface area (TPSA) is 90.4 Å². The summed E-state index contributed by atoms with van der Waals surface area (Å²) in [5.41, 5.74) is -0.994. The van der Waals surface area contributed by atoms with Crippen molar-refractivity contribution in [2.24, 2.45) is 17.8 Å². The van der Waals surface area contributed by atoms with Gasteiger partial charge in [0.15, 0.2) is 0 Å². The molecule has 2 fully saturated rings. The number of aryl methyl sites for hydroxylation is 1. The Morgan fingerprint density at radius 3 is 2.41 bits per heavy atom. The second-order valence-corrected chi connectivity index (χ2v) is 12.4. The van der Waals surface area contributed by atoms with Gasteiger partial charge in [-0.05, 0) is 37.3 Å². The molecule has 8 nitrogen and oxygen atoms in total. The zero-order chi connectivity index (χ0) is 29.7. The third-order valence-electron chi connectivity index (χ3n) is 9.76. The molecule has 1 spiro atoms. The molecule has 1 unspecified atom stereocenters. The normalized spacial score (nSPS) is 32.5. The van der Waals surface area contributed by atoms with E-state index in [0.29, 0.717) is 36.6 Å². The van der Waals surface area contributed by atoms with Crippen LogP contribution in [0, 0.1) is 24.7 Å². The van der Waals surface area contributed by atoms with Gasteiger partial charge in [-0.25, -0.2) is 0 Å². The summed E-state index contributed by atoms with van der Waals surface area (Å²) < 4.78 is 7.05. The quantitative estimate of drug-likeness (QED) is 0.465. The van der Waals surface area contributed by atoms with Crippen LogP contribution < -0.4 is 4.90 Å². The molecular weight excluding hydrogens is 542 g/mol. The number of nitrogens with zero attached hydrogens (tertiary/aromatic N) is 3. The van der Waals surface area contributed by atoms with Gasteiger partial charge in [0.25, 0.3) is 5.91 Å². The minimum atomic E-state index is -1.38. The highest BCUT2D eigenvalue weighted by atomic mass is 35.5. The lowest BCUT2D eigenvalue weighted by molar-refractivity contribution is -0.153. The number of aliphatic hydroxyl groups excluding tert-OH is 1. The van der Waals surface area contributed by atoms with E-state index in [2.05, 4.69) is 0 Å². The highest BCUT2D eigenvalue weighted by Crippen LogP contribution is 2.59. The number of halogens is 1. The van der Waals surface area contributed by atoms with Gasteiger partial charge < -0.3 is 24.5 Å². The molecule has 222 valence electrons. The van der Waals surface area contributed by atoms with Crippen LogP contribution in [0.3, 0.4) is 0 Å². The number of hydrogen-bond donors (Lipinski definition) is 1. The van der Waals surface area contributed by atoms with Crippen molar-refractivity contribution in [3.05, 3.63) is 53.1 Å². The largest absolute Gasteiger partial charge is 0.394 e. The molecular formula is C32H42ClN3O5. The summed E-state index contributed by atoms with van der Waals surface area (Å²) in [4.78, 5) is 48.8. The Bertz CT molecular complexity index is 1260. The van der Waals surface area contributed by atoms with Gasteiger partial charge in [-0.1, -0.05) is 82.2 Å². The zero-order valence-corrected chi connectivity index (χ0v) is 25.4. The van der Waals surface area contributed by atoms with Crippen LogP contribution in [0.1, 0.15) is 52.5 Å². The zero-order valence-electron chi connectivity index (χ0n) is 24.7. The molecule has 3 amide bonds. The van der Waals surface area contributed by atoms with Crippen LogP contribution in [0.25, 0.3) is 0 Å². The van der Waals surface area contributed by atoms with E-state index in [0.717, 1.165) is 12.0 Å². The first kappa shape index (κ1) is 29.8. The van der Waals surface area contributed by atoms with Crippen LogP contribution in [0.4, 0.5) is 5.69 Å². The van der Waals surface area contributed by atoms with E-state index in [4.69, 9.17) is 16.3 Å². The lowest BCUT2D eigenvalue weighted by Gasteiger charge is -2.42. The number of aliphatic hydroxyl groups is 1. The van der Waals surface area contributed by atoms with Crippen LogP contribution in [-0.4, -0.2) is 82.2 Å². The number of para-hydroxylation sites is 1. The number of ether oxygens (including phenoxy) is 1. The molecule has 0 aromatic heterocycles. The minimum Gasteiger partial charge on any atom is -0.394 e. The fourth-order valence-corrected chi connectivity index (χ4v) is 7.88. The second-order valence-electron chi connectivity index (χ2n) is 11.9. The van der Waals surface area contributed by atoms with Crippen molar-refractivity contribution in [3.63, 3.8) is 0 Å². The molecule has 1 aromatic rings. The van der Waals surface area contributed by atoms with E-state index >= 15 is 0 Å². The second kappa shape index (κ2) is 11.2. The van der Waals surface area contributed by atoms with E-state index in [9.17, 15) is 19.5 Å². The maximum absolute atomic E-state index is 14.8. The van der Waals surface area contributed by atoms with E-state index in [1.807, 2.05) is 71.1 Å². The maximum atomic E-state index is 14.8.